The molecule has 1 atom stereocenters. The number of carbonyl (C=O) groups is 3. The maximum atomic E-state index is 12.9. The zero-order chi connectivity index (χ0) is 57.1. The Balaban J connectivity index is 4.35. The highest BCUT2D eigenvalue weighted by atomic mass is 16.6. The van der Waals surface area contributed by atoms with Gasteiger partial charge in [-0.1, -0.05) is 285 Å². The van der Waals surface area contributed by atoms with E-state index in [4.69, 9.17) is 14.2 Å². The molecule has 0 radical (unpaired) electrons. The maximum Gasteiger partial charge on any atom is 0.306 e. The molecule has 0 heterocycles. The van der Waals surface area contributed by atoms with Gasteiger partial charge in [-0.15, -0.1) is 0 Å². The molecule has 0 amide bonds. The Kier molecular flexibility index (Phi) is 63.7. The number of rotatable bonds is 61. The second-order valence-corrected chi connectivity index (χ2v) is 22.3. The predicted octanol–water partition coefficient (Wildman–Crippen LogP) is 23.2. The van der Waals surface area contributed by atoms with E-state index in [0.717, 1.165) is 109 Å². The fraction of sp³-hybridized carbons (Fsp3) is 0.740. The summed E-state index contributed by atoms with van der Waals surface area (Å²) in [6, 6.07) is 0. The first-order valence-corrected chi connectivity index (χ1v) is 33.7. The molecule has 0 saturated carbocycles. The Hall–Kier alpha value is -3.67. The van der Waals surface area contributed by atoms with Crippen molar-refractivity contribution in [3.05, 3.63) is 97.2 Å². The third-order valence-corrected chi connectivity index (χ3v) is 14.5. The fourth-order valence-electron chi connectivity index (χ4n) is 9.50. The van der Waals surface area contributed by atoms with Gasteiger partial charge in [-0.3, -0.25) is 14.4 Å². The molecule has 0 bridgehead atoms. The SMILES string of the molecule is CC/C=C\C/C=C\C/C=C\C/C=C\CCCCCCC(=O)OC(COC(=O)CCCCCCCCC/C=C\CCCCCCCC)COC(=O)CCCCCCCCCCCCCC/C=C\C/C=C\C/C=C\CCCCCCC. The van der Waals surface area contributed by atoms with Gasteiger partial charge in [0.05, 0.1) is 0 Å². The average molecular weight is 1100 g/mol. The molecule has 6 heteroatoms. The number of hydrogen-bond acceptors (Lipinski definition) is 6. The lowest BCUT2D eigenvalue weighted by atomic mass is 10.0. The van der Waals surface area contributed by atoms with E-state index in [0.29, 0.717) is 19.3 Å². The minimum Gasteiger partial charge on any atom is -0.462 e. The summed E-state index contributed by atoms with van der Waals surface area (Å²) < 4.78 is 16.9. The molecule has 0 spiro atoms. The molecular formula is C73H126O6. The van der Waals surface area contributed by atoms with Crippen molar-refractivity contribution in [2.45, 2.75) is 335 Å². The van der Waals surface area contributed by atoms with Gasteiger partial charge in [0.2, 0.25) is 0 Å². The molecule has 454 valence electrons. The standard InChI is InChI=1S/C73H126O6/c1-4-7-10-13-16-19-22-25-28-31-32-33-34-35-36-37-38-39-40-43-45-48-51-54-57-60-63-66-72(75)78-69-70(79-73(76)67-64-61-58-55-52-49-46-42-30-27-24-21-18-15-12-9-6-3)68-77-71(74)65-62-59-56-53-50-47-44-41-29-26-23-20-17-14-11-8-5-2/h9,12,18,21-22,25-27,29-32,34-35,46,49,70H,4-8,10-11,13-17,19-20,23-24,28,33,36-45,47-48,50-69H2,1-3H3/b12-9-,21-18-,25-22-,29-26-,30-27-,32-31-,35-34-,49-46-. The fourth-order valence-corrected chi connectivity index (χ4v) is 9.50. The summed E-state index contributed by atoms with van der Waals surface area (Å²) in [6.07, 6.45) is 89.9. The van der Waals surface area contributed by atoms with Gasteiger partial charge in [-0.2, -0.15) is 0 Å². The highest BCUT2D eigenvalue weighted by molar-refractivity contribution is 5.71. The Labute approximate surface area is 489 Å². The van der Waals surface area contributed by atoms with Gasteiger partial charge in [-0.05, 0) is 122 Å². The van der Waals surface area contributed by atoms with Gasteiger partial charge in [0, 0.05) is 19.3 Å². The van der Waals surface area contributed by atoms with Gasteiger partial charge < -0.3 is 14.2 Å². The van der Waals surface area contributed by atoms with Gasteiger partial charge >= 0.3 is 17.9 Å². The Morgan fingerprint density at radius 1 is 0.266 bits per heavy atom. The van der Waals surface area contributed by atoms with Crippen LogP contribution < -0.4 is 0 Å². The summed E-state index contributed by atoms with van der Waals surface area (Å²) in [4.78, 5) is 38.4. The number of esters is 3. The molecule has 0 aromatic heterocycles. The molecule has 0 fully saturated rings. The highest BCUT2D eigenvalue weighted by Gasteiger charge is 2.19. The van der Waals surface area contributed by atoms with Crippen molar-refractivity contribution < 1.29 is 28.6 Å². The molecule has 0 aliphatic heterocycles. The monoisotopic (exact) mass is 1100 g/mol. The third kappa shape index (κ3) is 65.0. The third-order valence-electron chi connectivity index (χ3n) is 14.5. The van der Waals surface area contributed by atoms with Gasteiger partial charge in [0.15, 0.2) is 6.10 Å². The lowest BCUT2D eigenvalue weighted by Crippen LogP contribution is -2.30. The number of unbranched alkanes of at least 4 members (excludes halogenated alkanes) is 34. The van der Waals surface area contributed by atoms with Crippen molar-refractivity contribution in [3.63, 3.8) is 0 Å². The van der Waals surface area contributed by atoms with Crippen LogP contribution in [-0.2, 0) is 28.6 Å². The molecule has 0 N–H and O–H groups in total. The lowest BCUT2D eigenvalue weighted by molar-refractivity contribution is -0.167. The van der Waals surface area contributed by atoms with Crippen LogP contribution in [0.3, 0.4) is 0 Å². The predicted molar refractivity (Wildman–Crippen MR) is 344 cm³/mol. The number of carbonyl (C=O) groups excluding carboxylic acids is 3. The average Bonchev–Trinajstić information content (AvgIpc) is 3.45. The number of allylic oxidation sites excluding steroid dienone is 16. The van der Waals surface area contributed by atoms with E-state index in [-0.39, 0.29) is 31.1 Å². The molecule has 1 unspecified atom stereocenters. The molecule has 0 aromatic rings. The van der Waals surface area contributed by atoms with Crippen LogP contribution in [-0.4, -0.2) is 37.2 Å². The Bertz CT molecular complexity index is 1540. The molecular weight excluding hydrogens is 973 g/mol. The Morgan fingerprint density at radius 2 is 0.494 bits per heavy atom. The second-order valence-electron chi connectivity index (χ2n) is 22.3. The van der Waals surface area contributed by atoms with Gasteiger partial charge in [0.25, 0.3) is 0 Å². The zero-order valence-electron chi connectivity index (χ0n) is 52.1. The first-order valence-electron chi connectivity index (χ1n) is 33.7. The lowest BCUT2D eigenvalue weighted by Gasteiger charge is -2.18. The minimum atomic E-state index is -0.795. The molecule has 0 aliphatic carbocycles. The molecule has 0 aliphatic rings. The highest BCUT2D eigenvalue weighted by Crippen LogP contribution is 2.16. The van der Waals surface area contributed by atoms with E-state index in [1.165, 1.54) is 180 Å². The van der Waals surface area contributed by atoms with E-state index in [1.807, 2.05) is 0 Å². The summed E-state index contributed by atoms with van der Waals surface area (Å²) in [5, 5.41) is 0. The summed E-state index contributed by atoms with van der Waals surface area (Å²) in [5.74, 6) is -0.907. The van der Waals surface area contributed by atoms with Crippen LogP contribution in [0.25, 0.3) is 0 Å². The van der Waals surface area contributed by atoms with Gasteiger partial charge in [-0.25, -0.2) is 0 Å². The largest absolute Gasteiger partial charge is 0.462 e. The van der Waals surface area contributed by atoms with Crippen LogP contribution in [0, 0.1) is 0 Å². The first kappa shape index (κ1) is 75.3. The zero-order valence-corrected chi connectivity index (χ0v) is 52.1. The van der Waals surface area contributed by atoms with Crippen molar-refractivity contribution in [2.75, 3.05) is 13.2 Å². The topological polar surface area (TPSA) is 78.9 Å². The molecule has 0 rings (SSSR count). The van der Waals surface area contributed by atoms with Crippen LogP contribution >= 0.6 is 0 Å². The summed E-state index contributed by atoms with van der Waals surface area (Å²) >= 11 is 0. The summed E-state index contributed by atoms with van der Waals surface area (Å²) in [6.45, 7) is 6.52. The van der Waals surface area contributed by atoms with Crippen LogP contribution in [0.1, 0.15) is 329 Å². The van der Waals surface area contributed by atoms with Crippen molar-refractivity contribution in [2.24, 2.45) is 0 Å². The summed E-state index contributed by atoms with van der Waals surface area (Å²) in [7, 11) is 0. The second kappa shape index (κ2) is 66.8. The van der Waals surface area contributed by atoms with Crippen LogP contribution in [0.15, 0.2) is 97.2 Å². The smallest absolute Gasteiger partial charge is 0.306 e. The Morgan fingerprint density at radius 3 is 0.785 bits per heavy atom. The van der Waals surface area contributed by atoms with Crippen LogP contribution in [0.5, 0.6) is 0 Å². The molecule has 6 nitrogen and oxygen atoms in total. The van der Waals surface area contributed by atoms with Crippen molar-refractivity contribution in [3.8, 4) is 0 Å². The number of ether oxygens (including phenoxy) is 3. The van der Waals surface area contributed by atoms with E-state index in [9.17, 15) is 14.4 Å². The summed E-state index contributed by atoms with van der Waals surface area (Å²) in [5.41, 5.74) is 0. The van der Waals surface area contributed by atoms with E-state index in [1.54, 1.807) is 0 Å². The van der Waals surface area contributed by atoms with Gasteiger partial charge in [0.1, 0.15) is 13.2 Å². The molecule has 0 aromatic carbocycles. The minimum absolute atomic E-state index is 0.0890. The van der Waals surface area contributed by atoms with Crippen molar-refractivity contribution in [1.82, 2.24) is 0 Å². The van der Waals surface area contributed by atoms with Crippen molar-refractivity contribution in [1.29, 1.82) is 0 Å². The number of hydrogen-bond donors (Lipinski definition) is 0. The molecule has 0 saturated heterocycles. The van der Waals surface area contributed by atoms with E-state index < -0.39 is 6.10 Å². The van der Waals surface area contributed by atoms with E-state index in [2.05, 4.69) is 118 Å². The first-order chi connectivity index (χ1) is 39.0. The van der Waals surface area contributed by atoms with E-state index >= 15 is 0 Å². The maximum absolute atomic E-state index is 12.9. The molecule has 79 heavy (non-hydrogen) atoms. The normalized spacial score (nSPS) is 12.7. The van der Waals surface area contributed by atoms with Crippen LogP contribution in [0.2, 0.25) is 0 Å². The van der Waals surface area contributed by atoms with Crippen LogP contribution in [0.4, 0.5) is 0 Å². The quantitative estimate of drug-likeness (QED) is 0.0261. The van der Waals surface area contributed by atoms with Crippen molar-refractivity contribution >= 4 is 17.9 Å².